The van der Waals surface area contributed by atoms with Gasteiger partial charge in [0.1, 0.15) is 0 Å². The zero-order valence-corrected chi connectivity index (χ0v) is 13.5. The van der Waals surface area contributed by atoms with E-state index in [0.29, 0.717) is 18.3 Å². The highest BCUT2D eigenvalue weighted by Crippen LogP contribution is 2.49. The van der Waals surface area contributed by atoms with Gasteiger partial charge in [0.2, 0.25) is 5.91 Å². The van der Waals surface area contributed by atoms with E-state index >= 15 is 0 Å². The fourth-order valence-electron chi connectivity index (χ4n) is 4.40. The first kappa shape index (κ1) is 14.6. The number of hydrogen-bond donors (Lipinski definition) is 1. The van der Waals surface area contributed by atoms with Crippen LogP contribution >= 0.6 is 0 Å². The van der Waals surface area contributed by atoms with Gasteiger partial charge < -0.3 is 5.32 Å². The number of nitrogens with one attached hydrogen (secondary N) is 1. The summed E-state index contributed by atoms with van der Waals surface area (Å²) in [5.41, 5.74) is 3.46. The van der Waals surface area contributed by atoms with Crippen LogP contribution in [-0.4, -0.2) is 5.91 Å². The van der Waals surface area contributed by atoms with Gasteiger partial charge in [-0.1, -0.05) is 38.5 Å². The number of fused-ring (bicyclic) bond motifs is 2. The molecule has 2 bridgehead atoms. The first-order valence-corrected chi connectivity index (χ1v) is 8.44. The lowest BCUT2D eigenvalue weighted by atomic mass is 9.86. The molecule has 114 valence electrons. The first-order chi connectivity index (χ1) is 10.0. The van der Waals surface area contributed by atoms with Crippen LogP contribution in [0.5, 0.6) is 0 Å². The molecule has 1 N–H and O–H groups in total. The lowest BCUT2D eigenvalue weighted by Gasteiger charge is -2.22. The number of amides is 1. The van der Waals surface area contributed by atoms with Crippen molar-refractivity contribution < 1.29 is 4.79 Å². The maximum atomic E-state index is 12.5. The average molecular weight is 285 g/mol. The third kappa shape index (κ3) is 3.00. The Morgan fingerprint density at radius 3 is 2.71 bits per heavy atom. The van der Waals surface area contributed by atoms with Crippen molar-refractivity contribution in [3.63, 3.8) is 0 Å². The first-order valence-electron chi connectivity index (χ1n) is 8.44. The predicted octanol–water partition coefficient (Wildman–Crippen LogP) is 4.88. The molecule has 2 fully saturated rings. The van der Waals surface area contributed by atoms with Crippen molar-refractivity contribution in [2.24, 2.45) is 17.8 Å². The maximum Gasteiger partial charge on any atom is 0.224 e. The Balaban J connectivity index is 1.67. The van der Waals surface area contributed by atoms with E-state index in [-0.39, 0.29) is 5.91 Å². The summed E-state index contributed by atoms with van der Waals surface area (Å²) in [5, 5.41) is 3.21. The molecular weight excluding hydrogens is 258 g/mol. The van der Waals surface area contributed by atoms with Gasteiger partial charge in [-0.05, 0) is 61.0 Å². The van der Waals surface area contributed by atoms with E-state index in [1.54, 1.807) is 0 Å². The summed E-state index contributed by atoms with van der Waals surface area (Å²) in [4.78, 5) is 12.5. The standard InChI is InChI=1S/C19H27NO/c1-12(2)17-6-4-5-13(3)19(17)20-18(21)11-16-10-14-7-8-15(16)9-14/h4-6,12,14-16H,7-11H2,1-3H3,(H,20,21)/t14-,15+,16+/m0/s1. The van der Waals surface area contributed by atoms with Crippen LogP contribution < -0.4 is 5.32 Å². The van der Waals surface area contributed by atoms with Gasteiger partial charge in [0.25, 0.3) is 0 Å². The van der Waals surface area contributed by atoms with Gasteiger partial charge in [-0.2, -0.15) is 0 Å². The molecule has 2 saturated carbocycles. The third-order valence-corrected chi connectivity index (χ3v) is 5.52. The molecule has 21 heavy (non-hydrogen) atoms. The lowest BCUT2D eigenvalue weighted by molar-refractivity contribution is -0.117. The molecule has 3 atom stereocenters. The largest absolute Gasteiger partial charge is 0.326 e. The Morgan fingerprint density at radius 2 is 2.10 bits per heavy atom. The van der Waals surface area contributed by atoms with Crippen molar-refractivity contribution in [2.45, 2.75) is 58.8 Å². The number of carbonyl (C=O) groups is 1. The molecule has 0 radical (unpaired) electrons. The van der Waals surface area contributed by atoms with E-state index in [0.717, 1.165) is 17.5 Å². The van der Waals surface area contributed by atoms with E-state index in [1.807, 2.05) is 0 Å². The third-order valence-electron chi connectivity index (χ3n) is 5.52. The fraction of sp³-hybridized carbons (Fsp3) is 0.632. The molecule has 2 aliphatic carbocycles. The van der Waals surface area contributed by atoms with Crippen LogP contribution in [0.1, 0.15) is 63.0 Å². The zero-order chi connectivity index (χ0) is 15.0. The van der Waals surface area contributed by atoms with Gasteiger partial charge in [0.05, 0.1) is 0 Å². The Bertz CT molecular complexity index is 534. The van der Waals surface area contributed by atoms with E-state index in [9.17, 15) is 4.79 Å². The molecule has 0 aliphatic heterocycles. The second-order valence-corrected chi connectivity index (χ2v) is 7.38. The summed E-state index contributed by atoms with van der Waals surface area (Å²) in [5.74, 6) is 3.02. The highest BCUT2D eigenvalue weighted by molar-refractivity contribution is 5.92. The van der Waals surface area contributed by atoms with Gasteiger partial charge >= 0.3 is 0 Å². The second kappa shape index (κ2) is 5.82. The number of rotatable bonds is 4. The van der Waals surface area contributed by atoms with Gasteiger partial charge in [-0.25, -0.2) is 0 Å². The molecule has 3 rings (SSSR count). The smallest absolute Gasteiger partial charge is 0.224 e. The lowest BCUT2D eigenvalue weighted by Crippen LogP contribution is -2.21. The second-order valence-electron chi connectivity index (χ2n) is 7.38. The van der Waals surface area contributed by atoms with Crippen LogP contribution in [-0.2, 0) is 4.79 Å². The quantitative estimate of drug-likeness (QED) is 0.839. The number of hydrogen-bond acceptors (Lipinski definition) is 1. The van der Waals surface area contributed by atoms with Crippen LogP contribution in [0.15, 0.2) is 18.2 Å². The summed E-state index contributed by atoms with van der Waals surface area (Å²) in [6.45, 7) is 6.44. The number of aryl methyl sites for hydroxylation is 1. The van der Waals surface area contributed by atoms with Crippen molar-refractivity contribution in [3.8, 4) is 0 Å². The molecule has 2 nitrogen and oxygen atoms in total. The van der Waals surface area contributed by atoms with Gasteiger partial charge in [-0.3, -0.25) is 4.79 Å². The summed E-state index contributed by atoms with van der Waals surface area (Å²) >= 11 is 0. The maximum absolute atomic E-state index is 12.5. The summed E-state index contributed by atoms with van der Waals surface area (Å²) < 4.78 is 0. The van der Waals surface area contributed by atoms with Gasteiger partial charge in [0, 0.05) is 12.1 Å². The topological polar surface area (TPSA) is 29.1 Å². The Labute approximate surface area is 128 Å². The Hall–Kier alpha value is -1.31. The van der Waals surface area contributed by atoms with Crippen molar-refractivity contribution >= 4 is 11.6 Å². The molecule has 0 heterocycles. The molecule has 0 aromatic heterocycles. The number of para-hydroxylation sites is 1. The van der Waals surface area contributed by atoms with Gasteiger partial charge in [0.15, 0.2) is 0 Å². The number of carbonyl (C=O) groups excluding carboxylic acids is 1. The number of anilines is 1. The minimum absolute atomic E-state index is 0.212. The molecular formula is C19H27NO. The van der Waals surface area contributed by atoms with Gasteiger partial charge in [-0.15, -0.1) is 0 Å². The van der Waals surface area contributed by atoms with E-state index < -0.39 is 0 Å². The minimum Gasteiger partial charge on any atom is -0.326 e. The zero-order valence-electron chi connectivity index (χ0n) is 13.5. The van der Waals surface area contributed by atoms with Crippen molar-refractivity contribution in [1.29, 1.82) is 0 Å². The van der Waals surface area contributed by atoms with Crippen molar-refractivity contribution in [1.82, 2.24) is 0 Å². The van der Waals surface area contributed by atoms with Crippen LogP contribution in [0.3, 0.4) is 0 Å². The van der Waals surface area contributed by atoms with E-state index in [1.165, 1.54) is 36.8 Å². The fourth-order valence-corrected chi connectivity index (χ4v) is 4.40. The predicted molar refractivity (Wildman–Crippen MR) is 87.5 cm³/mol. The molecule has 1 amide bonds. The molecule has 0 saturated heterocycles. The molecule has 0 unspecified atom stereocenters. The highest BCUT2D eigenvalue weighted by atomic mass is 16.1. The SMILES string of the molecule is Cc1cccc(C(C)C)c1NC(=O)C[C@H]1C[C@H]2CC[C@@H]1C2. The summed E-state index contributed by atoms with van der Waals surface area (Å²) in [6.07, 6.45) is 6.12. The molecule has 1 aromatic carbocycles. The van der Waals surface area contributed by atoms with Crippen molar-refractivity contribution in [3.05, 3.63) is 29.3 Å². The molecule has 2 aliphatic rings. The molecule has 0 spiro atoms. The van der Waals surface area contributed by atoms with Crippen LogP contribution in [0.25, 0.3) is 0 Å². The van der Waals surface area contributed by atoms with Crippen molar-refractivity contribution in [2.75, 3.05) is 5.32 Å². The monoisotopic (exact) mass is 285 g/mol. The Kier molecular flexibility index (Phi) is 4.05. The number of benzene rings is 1. The normalized spacial score (nSPS) is 27.3. The van der Waals surface area contributed by atoms with E-state index in [2.05, 4.69) is 44.3 Å². The minimum atomic E-state index is 0.212. The summed E-state index contributed by atoms with van der Waals surface area (Å²) in [7, 11) is 0. The Morgan fingerprint density at radius 1 is 1.29 bits per heavy atom. The average Bonchev–Trinajstić information content (AvgIpc) is 3.03. The highest BCUT2D eigenvalue weighted by Gasteiger charge is 2.40. The van der Waals surface area contributed by atoms with Crippen LogP contribution in [0.2, 0.25) is 0 Å². The molecule has 2 heteroatoms. The molecule has 1 aromatic rings. The van der Waals surface area contributed by atoms with E-state index in [4.69, 9.17) is 0 Å². The van der Waals surface area contributed by atoms with Crippen LogP contribution in [0, 0.1) is 24.7 Å². The van der Waals surface area contributed by atoms with Crippen LogP contribution in [0.4, 0.5) is 5.69 Å². The summed E-state index contributed by atoms with van der Waals surface area (Å²) in [6, 6.07) is 6.29.